The lowest BCUT2D eigenvalue weighted by molar-refractivity contribution is 0.321. The SMILES string of the molecule is CCP(CC)CCO. The van der Waals surface area contributed by atoms with Crippen LogP contribution in [-0.4, -0.2) is 30.2 Å². The fraction of sp³-hybridized carbons (Fsp3) is 1.00. The zero-order valence-electron chi connectivity index (χ0n) is 5.72. The van der Waals surface area contributed by atoms with Crippen LogP contribution in [0.25, 0.3) is 0 Å². The van der Waals surface area contributed by atoms with Crippen LogP contribution in [0.1, 0.15) is 13.8 Å². The van der Waals surface area contributed by atoms with E-state index in [2.05, 4.69) is 13.8 Å². The van der Waals surface area contributed by atoms with Gasteiger partial charge >= 0.3 is 0 Å². The normalized spacial score (nSPS) is 10.5. The Morgan fingerprint density at radius 3 is 1.88 bits per heavy atom. The fourth-order valence-corrected chi connectivity index (χ4v) is 2.04. The first-order valence-electron chi connectivity index (χ1n) is 3.18. The molecule has 50 valence electrons. The third kappa shape index (κ3) is 3.40. The van der Waals surface area contributed by atoms with Crippen LogP contribution in [0.3, 0.4) is 0 Å². The van der Waals surface area contributed by atoms with Crippen molar-refractivity contribution in [1.82, 2.24) is 0 Å². The van der Waals surface area contributed by atoms with E-state index in [-0.39, 0.29) is 7.92 Å². The Balaban J connectivity index is 3.07. The van der Waals surface area contributed by atoms with Gasteiger partial charge in [0.2, 0.25) is 0 Å². The molecule has 2 heteroatoms. The first-order valence-corrected chi connectivity index (χ1v) is 5.08. The summed E-state index contributed by atoms with van der Waals surface area (Å²) in [5, 5.41) is 8.52. The minimum Gasteiger partial charge on any atom is -0.396 e. The van der Waals surface area contributed by atoms with Gasteiger partial charge in [0.25, 0.3) is 0 Å². The summed E-state index contributed by atoms with van der Waals surface area (Å²) >= 11 is 0. The zero-order chi connectivity index (χ0) is 6.41. The average Bonchev–Trinajstić information content (AvgIpc) is 1.83. The number of aliphatic hydroxyl groups excluding tert-OH is 1. The molecule has 0 aliphatic rings. The fourth-order valence-electron chi connectivity index (χ4n) is 0.681. The number of rotatable bonds is 4. The Kier molecular flexibility index (Phi) is 5.79. The monoisotopic (exact) mass is 134 g/mol. The van der Waals surface area contributed by atoms with Gasteiger partial charge in [-0.25, -0.2) is 0 Å². The largest absolute Gasteiger partial charge is 0.396 e. The Morgan fingerprint density at radius 2 is 1.75 bits per heavy atom. The van der Waals surface area contributed by atoms with E-state index in [0.29, 0.717) is 6.61 Å². The van der Waals surface area contributed by atoms with Crippen molar-refractivity contribution in [3.8, 4) is 0 Å². The molecule has 0 aromatic rings. The Hall–Kier alpha value is 0.390. The highest BCUT2D eigenvalue weighted by Crippen LogP contribution is 2.32. The molecule has 0 radical (unpaired) electrons. The molecule has 0 saturated carbocycles. The molecule has 0 aliphatic carbocycles. The van der Waals surface area contributed by atoms with Gasteiger partial charge in [-0.1, -0.05) is 13.8 Å². The summed E-state index contributed by atoms with van der Waals surface area (Å²) in [6.07, 6.45) is 3.58. The quantitative estimate of drug-likeness (QED) is 0.578. The molecule has 0 aromatic carbocycles. The highest BCUT2D eigenvalue weighted by atomic mass is 31.1. The highest BCUT2D eigenvalue weighted by molar-refractivity contribution is 7.57. The number of hydrogen-bond donors (Lipinski definition) is 1. The molecule has 0 aromatic heterocycles. The summed E-state index contributed by atoms with van der Waals surface area (Å²) in [5.74, 6) is 0. The van der Waals surface area contributed by atoms with E-state index in [9.17, 15) is 0 Å². The summed E-state index contributed by atoms with van der Waals surface area (Å²) in [6, 6.07) is 0. The second-order valence-electron chi connectivity index (χ2n) is 1.75. The standard InChI is InChI=1S/C6H15OP/c1-3-8(4-2)6-5-7/h7H,3-6H2,1-2H3. The van der Waals surface area contributed by atoms with Crippen molar-refractivity contribution in [2.45, 2.75) is 13.8 Å². The third-order valence-electron chi connectivity index (χ3n) is 1.31. The van der Waals surface area contributed by atoms with Crippen LogP contribution in [-0.2, 0) is 0 Å². The molecule has 1 nitrogen and oxygen atoms in total. The summed E-state index contributed by atoms with van der Waals surface area (Å²) in [7, 11) is 0.194. The maximum absolute atomic E-state index is 8.52. The summed E-state index contributed by atoms with van der Waals surface area (Å²) < 4.78 is 0. The van der Waals surface area contributed by atoms with Gasteiger partial charge in [0.15, 0.2) is 0 Å². The molecule has 0 atom stereocenters. The molecule has 0 unspecified atom stereocenters. The lowest BCUT2D eigenvalue weighted by atomic mass is 10.9. The van der Waals surface area contributed by atoms with Crippen molar-refractivity contribution in [3.05, 3.63) is 0 Å². The number of hydrogen-bond acceptors (Lipinski definition) is 1. The lowest BCUT2D eigenvalue weighted by Gasteiger charge is -2.09. The minimum atomic E-state index is 0.194. The highest BCUT2D eigenvalue weighted by Gasteiger charge is 1.98. The zero-order valence-corrected chi connectivity index (χ0v) is 6.62. The van der Waals surface area contributed by atoms with E-state index in [1.807, 2.05) is 0 Å². The molecule has 0 fully saturated rings. The van der Waals surface area contributed by atoms with Crippen LogP contribution >= 0.6 is 7.92 Å². The topological polar surface area (TPSA) is 20.2 Å². The summed E-state index contributed by atoms with van der Waals surface area (Å²) in [6.45, 7) is 4.78. The molecule has 0 rings (SSSR count). The van der Waals surface area contributed by atoms with E-state index in [1.165, 1.54) is 12.3 Å². The second kappa shape index (κ2) is 5.53. The van der Waals surface area contributed by atoms with Crippen molar-refractivity contribution in [2.75, 3.05) is 25.1 Å². The van der Waals surface area contributed by atoms with Crippen LogP contribution in [0, 0.1) is 0 Å². The molecule has 0 spiro atoms. The first kappa shape index (κ1) is 8.39. The van der Waals surface area contributed by atoms with Gasteiger partial charge in [-0.05, 0) is 18.5 Å². The van der Waals surface area contributed by atoms with Crippen LogP contribution in [0.15, 0.2) is 0 Å². The van der Waals surface area contributed by atoms with Gasteiger partial charge in [0.05, 0.1) is 0 Å². The van der Waals surface area contributed by atoms with Gasteiger partial charge in [0.1, 0.15) is 0 Å². The Bertz CT molecular complexity index is 43.8. The summed E-state index contributed by atoms with van der Waals surface area (Å²) in [5.41, 5.74) is 0. The van der Waals surface area contributed by atoms with Crippen molar-refractivity contribution < 1.29 is 5.11 Å². The van der Waals surface area contributed by atoms with Crippen molar-refractivity contribution in [1.29, 1.82) is 0 Å². The van der Waals surface area contributed by atoms with E-state index < -0.39 is 0 Å². The maximum atomic E-state index is 8.52. The van der Waals surface area contributed by atoms with Gasteiger partial charge in [-0.3, -0.25) is 0 Å². The van der Waals surface area contributed by atoms with E-state index in [1.54, 1.807) is 0 Å². The van der Waals surface area contributed by atoms with Crippen LogP contribution in [0.2, 0.25) is 0 Å². The summed E-state index contributed by atoms with van der Waals surface area (Å²) in [4.78, 5) is 0. The lowest BCUT2D eigenvalue weighted by Crippen LogP contribution is -1.93. The smallest absolute Gasteiger partial charge is 0.0470 e. The van der Waals surface area contributed by atoms with Gasteiger partial charge in [-0.15, -0.1) is 7.92 Å². The Morgan fingerprint density at radius 1 is 1.25 bits per heavy atom. The molecule has 0 saturated heterocycles. The Labute approximate surface area is 52.9 Å². The van der Waals surface area contributed by atoms with Crippen LogP contribution < -0.4 is 0 Å². The first-order chi connectivity index (χ1) is 3.85. The molecule has 0 aliphatic heterocycles. The van der Waals surface area contributed by atoms with Gasteiger partial charge < -0.3 is 5.11 Å². The van der Waals surface area contributed by atoms with E-state index in [4.69, 9.17) is 5.11 Å². The molecule has 1 N–H and O–H groups in total. The average molecular weight is 134 g/mol. The minimum absolute atomic E-state index is 0.194. The third-order valence-corrected chi connectivity index (χ3v) is 3.93. The van der Waals surface area contributed by atoms with Crippen LogP contribution in [0.5, 0.6) is 0 Å². The van der Waals surface area contributed by atoms with Crippen LogP contribution in [0.4, 0.5) is 0 Å². The molecule has 0 heterocycles. The van der Waals surface area contributed by atoms with Crippen molar-refractivity contribution in [3.63, 3.8) is 0 Å². The molecule has 8 heavy (non-hydrogen) atoms. The molecular formula is C6H15OP. The maximum Gasteiger partial charge on any atom is 0.0470 e. The predicted molar refractivity (Wildman–Crippen MR) is 40.0 cm³/mol. The number of aliphatic hydroxyl groups is 1. The van der Waals surface area contributed by atoms with Crippen molar-refractivity contribution >= 4 is 7.92 Å². The van der Waals surface area contributed by atoms with E-state index in [0.717, 1.165) is 6.16 Å². The van der Waals surface area contributed by atoms with E-state index >= 15 is 0 Å². The molecule has 0 amide bonds. The van der Waals surface area contributed by atoms with Crippen molar-refractivity contribution in [2.24, 2.45) is 0 Å². The van der Waals surface area contributed by atoms with Gasteiger partial charge in [0, 0.05) is 6.61 Å². The molecular weight excluding hydrogens is 119 g/mol. The molecule has 0 bridgehead atoms. The predicted octanol–water partition coefficient (Wildman–Crippen LogP) is 1.50. The van der Waals surface area contributed by atoms with Gasteiger partial charge in [-0.2, -0.15) is 0 Å². The second-order valence-corrected chi connectivity index (χ2v) is 4.80.